The van der Waals surface area contributed by atoms with E-state index in [1.807, 2.05) is 38.1 Å². The number of ether oxygens (including phenoxy) is 1. The predicted octanol–water partition coefficient (Wildman–Crippen LogP) is -0.297. The highest BCUT2D eigenvalue weighted by Crippen LogP contribution is 2.19. The van der Waals surface area contributed by atoms with Gasteiger partial charge < -0.3 is 9.64 Å². The molecular formula is C19H27N7O4S. The molecule has 4 rings (SSSR count). The number of hydrogen-bond acceptors (Lipinski definition) is 7. The molecule has 11 nitrogen and oxygen atoms in total. The smallest absolute Gasteiger partial charge is 0.282 e. The highest BCUT2D eigenvalue weighted by Gasteiger charge is 2.37. The van der Waals surface area contributed by atoms with Crippen LogP contribution < -0.4 is 0 Å². The van der Waals surface area contributed by atoms with Crippen LogP contribution in [0.4, 0.5) is 0 Å². The van der Waals surface area contributed by atoms with E-state index in [2.05, 4.69) is 15.5 Å². The largest absolute Gasteiger partial charge is 0.373 e. The van der Waals surface area contributed by atoms with Crippen molar-refractivity contribution in [3.63, 3.8) is 0 Å². The molecule has 0 saturated carbocycles. The van der Waals surface area contributed by atoms with Crippen molar-refractivity contribution in [2.75, 3.05) is 39.3 Å². The lowest BCUT2D eigenvalue weighted by molar-refractivity contribution is -0.131. The van der Waals surface area contributed by atoms with Gasteiger partial charge >= 0.3 is 0 Å². The summed E-state index contributed by atoms with van der Waals surface area (Å²) in [7, 11) is -3.55. The van der Waals surface area contributed by atoms with Gasteiger partial charge in [0.15, 0.2) is 0 Å². The van der Waals surface area contributed by atoms with Gasteiger partial charge in [-0.15, -0.1) is 5.10 Å². The first-order chi connectivity index (χ1) is 14.8. The van der Waals surface area contributed by atoms with Gasteiger partial charge in [0.05, 0.1) is 24.3 Å². The first kappa shape index (κ1) is 21.8. The van der Waals surface area contributed by atoms with Gasteiger partial charge in [-0.05, 0) is 42.0 Å². The summed E-state index contributed by atoms with van der Waals surface area (Å²) in [6.07, 6.45) is 1.51. The fourth-order valence-electron chi connectivity index (χ4n) is 3.98. The van der Waals surface area contributed by atoms with Gasteiger partial charge in [0.25, 0.3) is 10.2 Å². The lowest BCUT2D eigenvalue weighted by Crippen LogP contribution is -2.57. The van der Waals surface area contributed by atoms with Crippen LogP contribution in [0.2, 0.25) is 0 Å². The molecule has 2 aliphatic heterocycles. The third-order valence-electron chi connectivity index (χ3n) is 5.54. The number of aromatic nitrogens is 4. The maximum Gasteiger partial charge on any atom is 0.282 e. The summed E-state index contributed by atoms with van der Waals surface area (Å²) in [5.74, 6) is -0.0131. The Morgan fingerprint density at radius 2 is 1.68 bits per heavy atom. The van der Waals surface area contributed by atoms with E-state index in [-0.39, 0.29) is 24.5 Å². The van der Waals surface area contributed by atoms with Crippen molar-refractivity contribution in [1.29, 1.82) is 0 Å². The SMILES string of the molecule is CC1CN(S(=O)(=O)N2CCN(C(=O)Cc3ccc(-n4cnnn4)cc3)CC2)CC(C)O1. The zero-order chi connectivity index (χ0) is 22.0. The summed E-state index contributed by atoms with van der Waals surface area (Å²) in [4.78, 5) is 14.4. The quantitative estimate of drug-likeness (QED) is 0.616. The number of rotatable bonds is 5. The van der Waals surface area contributed by atoms with Crippen molar-refractivity contribution >= 4 is 16.1 Å². The topological polar surface area (TPSA) is 114 Å². The Morgan fingerprint density at radius 1 is 1.03 bits per heavy atom. The normalized spacial score (nSPS) is 23.7. The maximum atomic E-state index is 13.0. The Kier molecular flexibility index (Phi) is 6.32. The second-order valence-electron chi connectivity index (χ2n) is 7.96. The number of benzene rings is 1. The molecule has 12 heteroatoms. The third kappa shape index (κ3) is 4.92. The Hall–Kier alpha value is -2.41. The number of piperazine rings is 1. The Morgan fingerprint density at radius 3 is 2.26 bits per heavy atom. The van der Waals surface area contributed by atoms with Crippen LogP contribution in [0.3, 0.4) is 0 Å². The summed E-state index contributed by atoms with van der Waals surface area (Å²) < 4.78 is 36.2. The summed E-state index contributed by atoms with van der Waals surface area (Å²) in [6.45, 7) is 5.83. The molecule has 0 aliphatic carbocycles. The number of morpholine rings is 1. The molecule has 0 spiro atoms. The zero-order valence-electron chi connectivity index (χ0n) is 17.7. The number of tetrazole rings is 1. The van der Waals surface area contributed by atoms with E-state index in [0.717, 1.165) is 11.3 Å². The summed E-state index contributed by atoms with van der Waals surface area (Å²) in [5, 5.41) is 11.0. The number of carbonyl (C=O) groups is 1. The van der Waals surface area contributed by atoms with E-state index in [1.54, 1.807) is 9.58 Å². The van der Waals surface area contributed by atoms with E-state index < -0.39 is 10.2 Å². The molecule has 3 heterocycles. The Labute approximate surface area is 181 Å². The van der Waals surface area contributed by atoms with Crippen molar-refractivity contribution in [3.8, 4) is 5.69 Å². The summed E-state index contributed by atoms with van der Waals surface area (Å²) >= 11 is 0. The number of carbonyl (C=O) groups excluding carboxylic acids is 1. The van der Waals surface area contributed by atoms with Crippen LogP contribution in [-0.2, 0) is 26.2 Å². The molecule has 2 atom stereocenters. The Balaban J connectivity index is 1.31. The van der Waals surface area contributed by atoms with Gasteiger partial charge in [0.1, 0.15) is 6.33 Å². The first-order valence-corrected chi connectivity index (χ1v) is 11.7. The van der Waals surface area contributed by atoms with Crippen molar-refractivity contribution in [1.82, 2.24) is 33.7 Å². The van der Waals surface area contributed by atoms with Crippen LogP contribution in [0.15, 0.2) is 30.6 Å². The minimum Gasteiger partial charge on any atom is -0.373 e. The zero-order valence-corrected chi connectivity index (χ0v) is 18.5. The van der Waals surface area contributed by atoms with Crippen LogP contribution in [-0.4, -0.2) is 99.5 Å². The third-order valence-corrected chi connectivity index (χ3v) is 7.50. The number of amides is 1. The molecule has 2 saturated heterocycles. The molecule has 31 heavy (non-hydrogen) atoms. The van der Waals surface area contributed by atoms with E-state index in [9.17, 15) is 13.2 Å². The highest BCUT2D eigenvalue weighted by molar-refractivity contribution is 7.86. The molecule has 1 amide bonds. The molecule has 2 fully saturated rings. The molecule has 1 aromatic heterocycles. The van der Waals surface area contributed by atoms with Crippen LogP contribution in [0, 0.1) is 0 Å². The second-order valence-corrected chi connectivity index (χ2v) is 9.89. The van der Waals surface area contributed by atoms with E-state index >= 15 is 0 Å². The average molecular weight is 450 g/mol. The monoisotopic (exact) mass is 449 g/mol. The number of nitrogens with zero attached hydrogens (tertiary/aromatic N) is 7. The fraction of sp³-hybridized carbons (Fsp3) is 0.579. The molecular weight excluding hydrogens is 422 g/mol. The first-order valence-electron chi connectivity index (χ1n) is 10.3. The number of hydrogen-bond donors (Lipinski definition) is 0. The van der Waals surface area contributed by atoms with E-state index in [4.69, 9.17) is 4.74 Å². The lowest BCUT2D eigenvalue weighted by Gasteiger charge is -2.40. The molecule has 2 unspecified atom stereocenters. The molecule has 0 bridgehead atoms. The summed E-state index contributed by atoms with van der Waals surface area (Å²) in [5.41, 5.74) is 1.69. The minimum absolute atomic E-state index is 0.0131. The van der Waals surface area contributed by atoms with Gasteiger partial charge in [-0.25, -0.2) is 4.68 Å². The second kappa shape index (κ2) is 8.99. The van der Waals surface area contributed by atoms with Crippen molar-refractivity contribution in [3.05, 3.63) is 36.2 Å². The van der Waals surface area contributed by atoms with Crippen molar-refractivity contribution in [2.45, 2.75) is 32.5 Å². The lowest BCUT2D eigenvalue weighted by atomic mass is 10.1. The van der Waals surface area contributed by atoms with Crippen LogP contribution in [0.25, 0.3) is 5.69 Å². The van der Waals surface area contributed by atoms with Crippen LogP contribution in [0.5, 0.6) is 0 Å². The average Bonchev–Trinajstić information content (AvgIpc) is 3.28. The van der Waals surface area contributed by atoms with Gasteiger partial charge in [0, 0.05) is 39.3 Å². The van der Waals surface area contributed by atoms with Gasteiger partial charge in [-0.3, -0.25) is 4.79 Å². The van der Waals surface area contributed by atoms with Gasteiger partial charge in [-0.2, -0.15) is 17.0 Å². The van der Waals surface area contributed by atoms with Gasteiger partial charge in [0.2, 0.25) is 5.91 Å². The molecule has 0 radical (unpaired) electrons. The molecule has 2 aliphatic rings. The molecule has 168 valence electrons. The minimum atomic E-state index is -3.55. The molecule has 1 aromatic carbocycles. The highest BCUT2D eigenvalue weighted by atomic mass is 32.2. The fourth-order valence-corrected chi connectivity index (χ4v) is 5.73. The Bertz CT molecular complexity index is 979. The summed E-state index contributed by atoms with van der Waals surface area (Å²) in [6, 6.07) is 7.45. The van der Waals surface area contributed by atoms with Crippen molar-refractivity contribution < 1.29 is 17.9 Å². The molecule has 2 aromatic rings. The van der Waals surface area contributed by atoms with E-state index in [1.165, 1.54) is 14.9 Å². The standard InChI is InChI=1S/C19H27N7O4S/c1-15-12-25(13-16(2)30-15)31(28,29)24-9-7-23(8-10-24)19(27)11-17-3-5-18(6-4-17)26-14-20-21-22-26/h3-6,14-16H,7-13H2,1-2H3. The predicted molar refractivity (Wildman–Crippen MR) is 112 cm³/mol. The van der Waals surface area contributed by atoms with Gasteiger partial charge in [-0.1, -0.05) is 12.1 Å². The van der Waals surface area contributed by atoms with Crippen molar-refractivity contribution in [2.24, 2.45) is 0 Å². The van der Waals surface area contributed by atoms with E-state index in [0.29, 0.717) is 39.3 Å². The molecule has 0 N–H and O–H groups in total. The maximum absolute atomic E-state index is 13.0. The van der Waals surface area contributed by atoms with Crippen LogP contribution in [0.1, 0.15) is 19.4 Å². The van der Waals surface area contributed by atoms with Crippen LogP contribution >= 0.6 is 0 Å².